The maximum atomic E-state index is 11.9. The average Bonchev–Trinajstić information content (AvgIpc) is 2.54. The molecule has 0 atom stereocenters. The minimum absolute atomic E-state index is 0.300. The van der Waals surface area contributed by atoms with Crippen molar-refractivity contribution >= 4 is 17.9 Å². The molecule has 0 fully saturated rings. The second-order valence-electron chi connectivity index (χ2n) is 4.34. The van der Waals surface area contributed by atoms with Crippen molar-refractivity contribution in [1.29, 1.82) is 0 Å². The van der Waals surface area contributed by atoms with Crippen LogP contribution in [0, 0.1) is 0 Å². The maximum absolute atomic E-state index is 11.9. The summed E-state index contributed by atoms with van der Waals surface area (Å²) in [5.41, 5.74) is 1.61. The minimum Gasteiger partial charge on any atom is -0.497 e. The van der Waals surface area contributed by atoms with E-state index < -0.39 is 0 Å². The summed E-state index contributed by atoms with van der Waals surface area (Å²) in [6.45, 7) is 0. The van der Waals surface area contributed by atoms with Crippen molar-refractivity contribution in [1.82, 2.24) is 5.01 Å². The zero-order valence-electron chi connectivity index (χ0n) is 12.0. The van der Waals surface area contributed by atoms with Crippen molar-refractivity contribution in [3.05, 3.63) is 60.2 Å². The summed E-state index contributed by atoms with van der Waals surface area (Å²) in [5.74, 6) is 0.780. The lowest BCUT2D eigenvalue weighted by molar-refractivity contribution is 0.224. The van der Waals surface area contributed by atoms with Crippen molar-refractivity contribution in [3.63, 3.8) is 0 Å². The molecule has 0 aliphatic heterocycles. The highest BCUT2D eigenvalue weighted by molar-refractivity contribution is 5.90. The van der Waals surface area contributed by atoms with Crippen molar-refractivity contribution in [3.8, 4) is 5.75 Å². The number of nitrogens with zero attached hydrogens (tertiary/aromatic N) is 2. The highest BCUT2D eigenvalue weighted by Gasteiger charge is 2.06. The van der Waals surface area contributed by atoms with Gasteiger partial charge in [0.1, 0.15) is 5.75 Å². The first-order valence-corrected chi connectivity index (χ1v) is 6.47. The topological polar surface area (TPSA) is 53.9 Å². The second kappa shape index (κ2) is 7.09. The number of para-hydroxylation sites is 1. The molecule has 2 aromatic rings. The number of rotatable bonds is 4. The Morgan fingerprint density at radius 2 is 1.81 bits per heavy atom. The Bertz CT molecular complexity index is 609. The standard InChI is InChI=1S/C16H17N3O2/c1-19(16(20)18-14-6-4-3-5-7-14)17-12-13-8-10-15(21-2)11-9-13/h3-12H,1-2H3,(H,18,20)/b17-12+. The third kappa shape index (κ3) is 4.35. The van der Waals surface area contributed by atoms with E-state index in [1.165, 1.54) is 5.01 Å². The van der Waals surface area contributed by atoms with Crippen molar-refractivity contribution in [2.45, 2.75) is 0 Å². The van der Waals surface area contributed by atoms with Crippen LogP contribution in [0.25, 0.3) is 0 Å². The monoisotopic (exact) mass is 283 g/mol. The van der Waals surface area contributed by atoms with E-state index in [2.05, 4.69) is 10.4 Å². The third-order valence-electron chi connectivity index (χ3n) is 2.81. The van der Waals surface area contributed by atoms with Crippen LogP contribution in [0.15, 0.2) is 59.7 Å². The largest absolute Gasteiger partial charge is 0.497 e. The molecule has 0 saturated carbocycles. The molecule has 5 nitrogen and oxygen atoms in total. The van der Waals surface area contributed by atoms with E-state index >= 15 is 0 Å². The van der Waals surface area contributed by atoms with E-state index in [4.69, 9.17) is 4.74 Å². The summed E-state index contributed by atoms with van der Waals surface area (Å²) < 4.78 is 5.08. The first kappa shape index (κ1) is 14.6. The Balaban J connectivity index is 1.94. The van der Waals surface area contributed by atoms with E-state index in [0.29, 0.717) is 0 Å². The summed E-state index contributed by atoms with van der Waals surface area (Å²) in [6.07, 6.45) is 1.62. The highest BCUT2D eigenvalue weighted by atomic mass is 16.5. The van der Waals surface area contributed by atoms with Crippen molar-refractivity contribution < 1.29 is 9.53 Å². The number of nitrogens with one attached hydrogen (secondary N) is 1. The number of carbonyl (C=O) groups is 1. The van der Waals surface area contributed by atoms with Crippen molar-refractivity contribution in [2.75, 3.05) is 19.5 Å². The number of carbonyl (C=O) groups excluding carboxylic acids is 1. The predicted octanol–water partition coefficient (Wildman–Crippen LogP) is 3.19. The third-order valence-corrected chi connectivity index (χ3v) is 2.81. The lowest BCUT2D eigenvalue weighted by Gasteiger charge is -2.12. The maximum Gasteiger partial charge on any atom is 0.341 e. The Labute approximate surface area is 123 Å². The van der Waals surface area contributed by atoms with Crippen LogP contribution in [0.2, 0.25) is 0 Å². The molecule has 0 radical (unpaired) electrons. The number of urea groups is 1. The molecule has 21 heavy (non-hydrogen) atoms. The van der Waals surface area contributed by atoms with Gasteiger partial charge in [-0.15, -0.1) is 0 Å². The molecule has 5 heteroatoms. The lowest BCUT2D eigenvalue weighted by Crippen LogP contribution is -2.26. The smallest absolute Gasteiger partial charge is 0.341 e. The van der Waals surface area contributed by atoms with Gasteiger partial charge in [0.25, 0.3) is 0 Å². The number of amides is 2. The van der Waals surface area contributed by atoms with Crippen LogP contribution < -0.4 is 10.1 Å². The SMILES string of the molecule is COc1ccc(/C=N/N(C)C(=O)Nc2ccccc2)cc1. The molecule has 0 bridgehead atoms. The molecule has 0 heterocycles. The molecule has 0 spiro atoms. The number of methoxy groups -OCH3 is 1. The molecule has 2 rings (SSSR count). The van der Waals surface area contributed by atoms with Crippen LogP contribution in [0.3, 0.4) is 0 Å². The van der Waals surface area contributed by atoms with Gasteiger partial charge in [0.15, 0.2) is 0 Å². The Morgan fingerprint density at radius 1 is 1.14 bits per heavy atom. The van der Waals surface area contributed by atoms with Gasteiger partial charge in [-0.05, 0) is 42.0 Å². The van der Waals surface area contributed by atoms with Crippen LogP contribution in [0.5, 0.6) is 5.75 Å². The average molecular weight is 283 g/mol. The van der Waals surface area contributed by atoms with Gasteiger partial charge in [0, 0.05) is 12.7 Å². The van der Waals surface area contributed by atoms with Gasteiger partial charge in [0.05, 0.1) is 13.3 Å². The van der Waals surface area contributed by atoms with E-state index in [0.717, 1.165) is 17.0 Å². The summed E-state index contributed by atoms with van der Waals surface area (Å²) in [7, 11) is 3.21. The zero-order valence-corrected chi connectivity index (χ0v) is 12.0. The zero-order chi connectivity index (χ0) is 15.1. The van der Waals surface area contributed by atoms with E-state index in [9.17, 15) is 4.79 Å². The minimum atomic E-state index is -0.300. The molecular weight excluding hydrogens is 266 g/mol. The van der Waals surface area contributed by atoms with Gasteiger partial charge < -0.3 is 10.1 Å². The molecule has 0 aliphatic carbocycles. The quantitative estimate of drug-likeness (QED) is 0.692. The fraction of sp³-hybridized carbons (Fsp3) is 0.125. The normalized spacial score (nSPS) is 10.4. The van der Waals surface area contributed by atoms with Gasteiger partial charge in [-0.3, -0.25) is 0 Å². The van der Waals surface area contributed by atoms with Crippen LogP contribution in [-0.4, -0.2) is 31.4 Å². The van der Waals surface area contributed by atoms with E-state index in [1.807, 2.05) is 54.6 Å². The molecule has 108 valence electrons. The van der Waals surface area contributed by atoms with Gasteiger partial charge in [-0.2, -0.15) is 5.10 Å². The summed E-state index contributed by atoms with van der Waals surface area (Å²) in [5, 5.41) is 8.10. The van der Waals surface area contributed by atoms with Gasteiger partial charge in [-0.1, -0.05) is 18.2 Å². The molecule has 0 saturated heterocycles. The number of hydrazone groups is 1. The van der Waals surface area contributed by atoms with Crippen LogP contribution in [-0.2, 0) is 0 Å². The number of hydrogen-bond acceptors (Lipinski definition) is 3. The van der Waals surface area contributed by atoms with Gasteiger partial charge in [0.2, 0.25) is 0 Å². The van der Waals surface area contributed by atoms with E-state index in [1.54, 1.807) is 20.4 Å². The fourth-order valence-electron chi connectivity index (χ4n) is 1.62. The van der Waals surface area contributed by atoms with E-state index in [-0.39, 0.29) is 6.03 Å². The number of anilines is 1. The molecule has 0 unspecified atom stereocenters. The van der Waals surface area contributed by atoms with Crippen molar-refractivity contribution in [2.24, 2.45) is 5.10 Å². The predicted molar refractivity (Wildman–Crippen MR) is 83.8 cm³/mol. The Kier molecular flexibility index (Phi) is 4.93. The van der Waals surface area contributed by atoms with Crippen LogP contribution >= 0.6 is 0 Å². The van der Waals surface area contributed by atoms with Gasteiger partial charge in [-0.25, -0.2) is 9.80 Å². The molecule has 0 aromatic heterocycles. The number of benzene rings is 2. The molecular formula is C16H17N3O2. The fourth-order valence-corrected chi connectivity index (χ4v) is 1.62. The molecule has 0 aliphatic rings. The first-order valence-electron chi connectivity index (χ1n) is 6.47. The number of ether oxygens (including phenoxy) is 1. The molecule has 1 N–H and O–H groups in total. The summed E-state index contributed by atoms with van der Waals surface area (Å²) >= 11 is 0. The van der Waals surface area contributed by atoms with Gasteiger partial charge >= 0.3 is 6.03 Å². The summed E-state index contributed by atoms with van der Waals surface area (Å²) in [6, 6.07) is 16.4. The Morgan fingerprint density at radius 3 is 2.43 bits per heavy atom. The summed E-state index contributed by atoms with van der Waals surface area (Å²) in [4.78, 5) is 11.9. The lowest BCUT2D eigenvalue weighted by atomic mass is 10.2. The number of hydrogen-bond donors (Lipinski definition) is 1. The Hall–Kier alpha value is -2.82. The molecule has 2 aromatic carbocycles. The second-order valence-corrected chi connectivity index (χ2v) is 4.34. The van der Waals surface area contributed by atoms with Crippen LogP contribution in [0.4, 0.5) is 10.5 Å². The van der Waals surface area contributed by atoms with Crippen LogP contribution in [0.1, 0.15) is 5.56 Å². The molecule has 2 amide bonds. The highest BCUT2D eigenvalue weighted by Crippen LogP contribution is 2.10. The first-order chi connectivity index (χ1) is 10.2.